The van der Waals surface area contributed by atoms with Crippen LogP contribution >= 0.6 is 0 Å². The van der Waals surface area contributed by atoms with Crippen molar-refractivity contribution in [2.75, 3.05) is 4.90 Å². The number of carbonyl (C=O) groups is 1. The Hall–Kier alpha value is -4.16. The summed E-state index contributed by atoms with van der Waals surface area (Å²) < 4.78 is 0. The molecule has 4 aliphatic rings. The molecule has 0 saturated carbocycles. The zero-order valence-corrected chi connectivity index (χ0v) is 22.5. The van der Waals surface area contributed by atoms with Gasteiger partial charge in [0.15, 0.2) is 5.78 Å². The molecule has 6 rings (SSSR count). The molecule has 0 aromatic heterocycles. The fourth-order valence-electron chi connectivity index (χ4n) is 7.01. The number of fused-ring (bicyclic) bond motifs is 4. The Labute approximate surface area is 223 Å². The van der Waals surface area contributed by atoms with Crippen LogP contribution in [0.2, 0.25) is 0 Å². The number of nitrogens with two attached hydrogens (primary N) is 1. The van der Waals surface area contributed by atoms with Crippen molar-refractivity contribution in [1.82, 2.24) is 0 Å². The third-order valence-electron chi connectivity index (χ3n) is 8.65. The Bertz CT molecular complexity index is 1590. The highest BCUT2D eigenvalue weighted by Crippen LogP contribution is 2.67. The van der Waals surface area contributed by atoms with Gasteiger partial charge in [-0.1, -0.05) is 71.0 Å². The number of ketones is 1. The minimum absolute atomic E-state index is 0.0258. The van der Waals surface area contributed by atoms with Crippen LogP contribution in [0.15, 0.2) is 76.2 Å². The summed E-state index contributed by atoms with van der Waals surface area (Å²) in [5.41, 5.74) is 10.6. The first-order valence-corrected chi connectivity index (χ1v) is 13.1. The molecule has 2 aliphatic carbocycles. The fourth-order valence-corrected chi connectivity index (χ4v) is 7.01. The number of carbonyl (C=O) groups excluding carboxylic acids is 1. The number of nitriles is 2. The van der Waals surface area contributed by atoms with Gasteiger partial charge in [0.2, 0.25) is 0 Å². The third kappa shape index (κ3) is 3.04. The molecular weight excluding hydrogens is 470 g/mol. The first kappa shape index (κ1) is 24.2. The Balaban J connectivity index is 1.72. The van der Waals surface area contributed by atoms with Gasteiger partial charge >= 0.3 is 0 Å². The van der Waals surface area contributed by atoms with Gasteiger partial charge < -0.3 is 10.6 Å². The van der Waals surface area contributed by atoms with Crippen LogP contribution in [0.1, 0.15) is 76.0 Å². The lowest BCUT2D eigenvalue weighted by molar-refractivity contribution is -0.118. The summed E-state index contributed by atoms with van der Waals surface area (Å²) in [6.07, 6.45) is 1.07. The van der Waals surface area contributed by atoms with E-state index in [1.807, 2.05) is 41.3 Å². The van der Waals surface area contributed by atoms with E-state index in [1.54, 1.807) is 0 Å². The van der Waals surface area contributed by atoms with Crippen molar-refractivity contribution in [1.29, 1.82) is 10.5 Å². The van der Waals surface area contributed by atoms with E-state index in [-0.39, 0.29) is 22.4 Å². The lowest BCUT2D eigenvalue weighted by Crippen LogP contribution is -2.56. The molecule has 2 aromatic rings. The summed E-state index contributed by atoms with van der Waals surface area (Å²) in [5, 5.41) is 21.3. The van der Waals surface area contributed by atoms with Gasteiger partial charge in [-0.3, -0.25) is 4.79 Å². The molecule has 0 unspecified atom stereocenters. The van der Waals surface area contributed by atoms with E-state index in [4.69, 9.17) is 10.7 Å². The summed E-state index contributed by atoms with van der Waals surface area (Å²) in [5.74, 6) is -0.402. The molecule has 6 heteroatoms. The predicted octanol–water partition coefficient (Wildman–Crippen LogP) is 5.94. The second kappa shape index (κ2) is 7.68. The summed E-state index contributed by atoms with van der Waals surface area (Å²) >= 11 is 0. The van der Waals surface area contributed by atoms with Gasteiger partial charge in [0.05, 0.1) is 17.7 Å². The van der Waals surface area contributed by atoms with Crippen LogP contribution in [-0.2, 0) is 10.2 Å². The summed E-state index contributed by atoms with van der Waals surface area (Å²) in [6.45, 7) is 10.7. The van der Waals surface area contributed by atoms with Gasteiger partial charge in [0, 0.05) is 35.2 Å². The largest absolute Gasteiger partial charge is 0.383 e. The van der Waals surface area contributed by atoms with Crippen LogP contribution in [0.5, 0.6) is 0 Å². The van der Waals surface area contributed by atoms with E-state index in [9.17, 15) is 15.3 Å². The number of aliphatic imine (C=N–C) groups is 1. The highest BCUT2D eigenvalue weighted by atomic mass is 16.1. The van der Waals surface area contributed by atoms with E-state index < -0.39 is 17.3 Å². The molecule has 2 aromatic carbocycles. The number of hydrogen-bond acceptors (Lipinski definition) is 6. The van der Waals surface area contributed by atoms with Crippen molar-refractivity contribution in [2.24, 2.45) is 21.6 Å². The Morgan fingerprint density at radius 2 is 1.63 bits per heavy atom. The number of amidine groups is 1. The van der Waals surface area contributed by atoms with E-state index in [1.165, 1.54) is 5.56 Å². The third-order valence-corrected chi connectivity index (χ3v) is 8.65. The standard InChI is InChI=1S/C32H31N5O/c1-30(2,3)18-10-12-19(13-11-18)37-23-14-31(4,5)15-24(38)25(23)27-21-9-7-6-8-20(21)26-22(16-33)28(35)36-29(37)32(26,27)17-34/h6-13,26-27H,14-15,35H2,1-5H3/t26-,27+,32+/m1/s1. The maximum absolute atomic E-state index is 14.0. The molecule has 0 fully saturated rings. The summed E-state index contributed by atoms with van der Waals surface area (Å²) in [7, 11) is 0. The van der Waals surface area contributed by atoms with Crippen LogP contribution in [0.3, 0.4) is 0 Å². The highest BCUT2D eigenvalue weighted by Gasteiger charge is 2.67. The van der Waals surface area contributed by atoms with Crippen molar-refractivity contribution in [2.45, 2.75) is 64.7 Å². The zero-order valence-electron chi connectivity index (χ0n) is 22.5. The Kier molecular flexibility index (Phi) is 4.89. The minimum atomic E-state index is -1.25. The lowest BCUT2D eigenvalue weighted by atomic mass is 9.58. The van der Waals surface area contributed by atoms with Crippen molar-refractivity contribution in [3.05, 3.63) is 87.9 Å². The number of nitrogens with zero attached hydrogens (tertiary/aromatic N) is 4. The van der Waals surface area contributed by atoms with Crippen LogP contribution in [-0.4, -0.2) is 11.6 Å². The molecule has 2 N–H and O–H groups in total. The van der Waals surface area contributed by atoms with E-state index >= 15 is 0 Å². The van der Waals surface area contributed by atoms with Crippen molar-refractivity contribution in [3.8, 4) is 12.1 Å². The maximum atomic E-state index is 14.0. The van der Waals surface area contributed by atoms with E-state index in [2.05, 4.69) is 58.9 Å². The Morgan fingerprint density at radius 1 is 1.00 bits per heavy atom. The smallest absolute Gasteiger partial charge is 0.161 e. The number of allylic oxidation sites excluding steroid dienone is 3. The number of hydrogen-bond donors (Lipinski definition) is 1. The molecule has 190 valence electrons. The van der Waals surface area contributed by atoms with Crippen LogP contribution in [0.25, 0.3) is 0 Å². The van der Waals surface area contributed by atoms with Gasteiger partial charge in [-0.15, -0.1) is 0 Å². The Morgan fingerprint density at radius 3 is 2.21 bits per heavy atom. The van der Waals surface area contributed by atoms with E-state index in [0.29, 0.717) is 29.8 Å². The zero-order chi connectivity index (χ0) is 27.2. The molecule has 0 bridgehead atoms. The molecule has 0 saturated heterocycles. The molecule has 6 nitrogen and oxygen atoms in total. The average Bonchev–Trinajstić information content (AvgIpc) is 3.15. The molecular formula is C32H31N5O. The van der Waals surface area contributed by atoms with Gasteiger partial charge in [0.1, 0.15) is 17.1 Å². The van der Waals surface area contributed by atoms with Gasteiger partial charge in [-0.2, -0.15) is 10.5 Å². The van der Waals surface area contributed by atoms with Crippen LogP contribution < -0.4 is 10.6 Å². The van der Waals surface area contributed by atoms with Crippen molar-refractivity contribution >= 4 is 17.3 Å². The van der Waals surface area contributed by atoms with Crippen molar-refractivity contribution in [3.63, 3.8) is 0 Å². The fraction of sp³-hybridized carbons (Fsp3) is 0.375. The topological polar surface area (TPSA) is 106 Å². The second-order valence-corrected chi connectivity index (χ2v) is 12.8. The minimum Gasteiger partial charge on any atom is -0.383 e. The first-order valence-electron chi connectivity index (χ1n) is 13.1. The molecule has 2 heterocycles. The monoisotopic (exact) mass is 501 g/mol. The number of benzene rings is 2. The number of rotatable bonds is 1. The second-order valence-electron chi connectivity index (χ2n) is 12.8. The first-order chi connectivity index (χ1) is 17.9. The van der Waals surface area contributed by atoms with Gasteiger partial charge in [-0.05, 0) is 46.1 Å². The summed E-state index contributed by atoms with van der Waals surface area (Å²) in [6, 6.07) is 21.0. The van der Waals surface area contributed by atoms with Crippen molar-refractivity contribution < 1.29 is 4.79 Å². The number of Topliss-reactive ketones (excluding diaryl/α,β-unsaturated/α-hetero) is 1. The number of anilines is 1. The molecule has 2 aliphatic heterocycles. The van der Waals surface area contributed by atoms with Crippen LogP contribution in [0.4, 0.5) is 5.69 Å². The molecule has 0 radical (unpaired) electrons. The summed E-state index contributed by atoms with van der Waals surface area (Å²) in [4.78, 5) is 20.9. The molecule has 0 spiro atoms. The highest BCUT2D eigenvalue weighted by molar-refractivity contribution is 6.16. The van der Waals surface area contributed by atoms with Gasteiger partial charge in [-0.25, -0.2) is 4.99 Å². The quantitative estimate of drug-likeness (QED) is 0.520. The average molecular weight is 502 g/mol. The molecule has 3 atom stereocenters. The van der Waals surface area contributed by atoms with E-state index in [0.717, 1.165) is 22.5 Å². The normalized spacial score (nSPS) is 27.2. The molecule has 38 heavy (non-hydrogen) atoms. The lowest BCUT2D eigenvalue weighted by Gasteiger charge is -2.51. The van der Waals surface area contributed by atoms with Crippen LogP contribution in [0, 0.1) is 33.5 Å². The maximum Gasteiger partial charge on any atom is 0.161 e. The van der Waals surface area contributed by atoms with Gasteiger partial charge in [0.25, 0.3) is 0 Å². The predicted molar refractivity (Wildman–Crippen MR) is 147 cm³/mol. The SMILES string of the molecule is CC1(C)CC(=O)C2=C(C1)N(c1ccc(C(C)(C)C)cc1)C1=NC(N)=C(C#N)[C@H]3c4ccccc4[C@@H]2[C@@]13C#N. The molecule has 0 amide bonds.